The molecule has 58 heavy (non-hydrogen) atoms. The van der Waals surface area contributed by atoms with Gasteiger partial charge in [0, 0.05) is 36.4 Å². The second kappa shape index (κ2) is 20.7. The lowest BCUT2D eigenvalue weighted by Crippen LogP contribution is -2.60. The van der Waals surface area contributed by atoms with Crippen LogP contribution in [0.3, 0.4) is 0 Å². The number of aliphatic hydroxyl groups excluding tert-OH is 2. The first-order chi connectivity index (χ1) is 27.3. The summed E-state index contributed by atoms with van der Waals surface area (Å²) in [5.74, 6) is -4.98. The average molecular weight is 814 g/mol. The van der Waals surface area contributed by atoms with Crippen LogP contribution < -0.4 is 0 Å². The van der Waals surface area contributed by atoms with Crippen LogP contribution in [-0.4, -0.2) is 129 Å². The first kappa shape index (κ1) is 47.2. The molecule has 324 valence electrons. The average Bonchev–Trinajstić information content (AvgIpc) is 3.17. The highest BCUT2D eigenvalue weighted by Gasteiger charge is 2.52. The Morgan fingerprint density at radius 1 is 1.00 bits per heavy atom. The van der Waals surface area contributed by atoms with Crippen molar-refractivity contribution in [3.05, 3.63) is 66.0 Å². The number of benzene rings is 1. The molecule has 1 aromatic carbocycles. The Kier molecular flexibility index (Phi) is 16.8. The van der Waals surface area contributed by atoms with Crippen molar-refractivity contribution in [2.24, 2.45) is 28.8 Å². The fourth-order valence-electron chi connectivity index (χ4n) is 8.56. The first-order valence-corrected chi connectivity index (χ1v) is 20.6. The zero-order valence-corrected chi connectivity index (χ0v) is 35.9. The van der Waals surface area contributed by atoms with Crippen LogP contribution >= 0.6 is 0 Å². The highest BCUT2D eigenvalue weighted by molar-refractivity contribution is 5.88. The number of rotatable bonds is 11. The van der Waals surface area contributed by atoms with E-state index in [1.54, 1.807) is 59.0 Å². The van der Waals surface area contributed by atoms with Gasteiger partial charge in [-0.25, -0.2) is 0 Å². The summed E-state index contributed by atoms with van der Waals surface area (Å²) in [6, 6.07) is 14.6. The molecule has 0 radical (unpaired) electrons. The summed E-state index contributed by atoms with van der Waals surface area (Å²) in [5, 5.41) is 52.7. The molecule has 14 atom stereocenters. The van der Waals surface area contributed by atoms with Gasteiger partial charge in [0.05, 0.1) is 47.7 Å². The second-order valence-corrected chi connectivity index (χ2v) is 17.1. The Balaban J connectivity index is 1.82. The molecule has 0 saturated carbocycles. The monoisotopic (exact) mass is 813 g/mol. The minimum atomic E-state index is -1.96. The van der Waals surface area contributed by atoms with E-state index in [-0.39, 0.29) is 38.0 Å². The standard InChI is InChI=1S/C44H67N3O11/c1-11-34-44(8,53)39(50)28(4)36(46-54-22-20-31-17-13-12-14-18-31)26(2)25-43(7,52)40(58-42-37(49)33(47(9)10)23-27(3)55-42)29(5)38(30(6)41(51)56-34)57-35(48)24-32-19-15-16-21-45-32/h12-19,21,26-30,33-34,37-40,42,49-50,52-53H,11,20,22-25H2,1-10H3/b46-36+/t26-,27+,28-,29-,30+,33-,34+,37+,38-,39+,40+,42-,43-,44+/m0/s1. The lowest BCUT2D eigenvalue weighted by molar-refractivity contribution is -0.299. The van der Waals surface area contributed by atoms with Gasteiger partial charge in [-0.3, -0.25) is 14.6 Å². The number of carbonyl (C=O) groups excluding carboxylic acids is 2. The maximum absolute atomic E-state index is 14.2. The fourth-order valence-corrected chi connectivity index (χ4v) is 8.56. The van der Waals surface area contributed by atoms with Crippen LogP contribution in [0.2, 0.25) is 0 Å². The number of ether oxygens (including phenoxy) is 4. The van der Waals surface area contributed by atoms with Crippen LogP contribution in [-0.2, 0) is 46.2 Å². The van der Waals surface area contributed by atoms with Gasteiger partial charge in [-0.1, -0.05) is 69.2 Å². The van der Waals surface area contributed by atoms with Gasteiger partial charge in [-0.2, -0.15) is 0 Å². The van der Waals surface area contributed by atoms with Crippen LogP contribution in [0.15, 0.2) is 59.9 Å². The number of nitrogens with zero attached hydrogens (tertiary/aromatic N) is 3. The van der Waals surface area contributed by atoms with Gasteiger partial charge >= 0.3 is 11.9 Å². The minimum absolute atomic E-state index is 0.0256. The first-order valence-electron chi connectivity index (χ1n) is 20.6. The molecule has 0 amide bonds. The number of aliphatic hydroxyl groups is 4. The van der Waals surface area contributed by atoms with Crippen molar-refractivity contribution in [1.82, 2.24) is 9.88 Å². The largest absolute Gasteiger partial charge is 0.461 e. The number of esters is 2. The minimum Gasteiger partial charge on any atom is -0.461 e. The lowest BCUT2D eigenvalue weighted by Gasteiger charge is -2.47. The third-order valence-electron chi connectivity index (χ3n) is 11.9. The topological polar surface area (TPSA) is 190 Å². The lowest BCUT2D eigenvalue weighted by atomic mass is 9.73. The number of likely N-dealkylation sites (N-methyl/N-ethyl adjacent to an activating group) is 1. The highest BCUT2D eigenvalue weighted by Crippen LogP contribution is 2.39. The van der Waals surface area contributed by atoms with E-state index in [1.807, 2.05) is 63.2 Å². The van der Waals surface area contributed by atoms with E-state index < -0.39 is 83.6 Å². The van der Waals surface area contributed by atoms with Crippen molar-refractivity contribution in [3.8, 4) is 0 Å². The van der Waals surface area contributed by atoms with E-state index in [9.17, 15) is 30.0 Å². The smallest absolute Gasteiger partial charge is 0.312 e. The van der Waals surface area contributed by atoms with E-state index in [4.69, 9.17) is 23.8 Å². The number of pyridine rings is 1. The predicted molar refractivity (Wildman–Crippen MR) is 217 cm³/mol. The molecule has 0 aliphatic carbocycles. The van der Waals surface area contributed by atoms with Crippen molar-refractivity contribution >= 4 is 17.7 Å². The van der Waals surface area contributed by atoms with Crippen LogP contribution in [0.25, 0.3) is 0 Å². The number of aromatic nitrogens is 1. The Morgan fingerprint density at radius 2 is 1.67 bits per heavy atom. The predicted octanol–water partition coefficient (Wildman–Crippen LogP) is 4.10. The van der Waals surface area contributed by atoms with Crippen molar-refractivity contribution in [2.75, 3.05) is 20.7 Å². The van der Waals surface area contributed by atoms with Gasteiger partial charge in [0.1, 0.15) is 30.5 Å². The van der Waals surface area contributed by atoms with E-state index >= 15 is 0 Å². The molecule has 3 heterocycles. The molecular weight excluding hydrogens is 746 g/mol. The molecule has 2 aromatic rings. The molecule has 2 aliphatic heterocycles. The normalized spacial score (nSPS) is 37.5. The van der Waals surface area contributed by atoms with Crippen molar-refractivity contribution in [1.29, 1.82) is 0 Å². The van der Waals surface area contributed by atoms with E-state index in [0.717, 1.165) is 5.56 Å². The Hall–Kier alpha value is -3.50. The second-order valence-electron chi connectivity index (χ2n) is 17.1. The van der Waals surface area contributed by atoms with E-state index in [1.165, 1.54) is 6.92 Å². The molecule has 14 nitrogen and oxygen atoms in total. The summed E-state index contributed by atoms with van der Waals surface area (Å²) in [6.45, 7) is 13.6. The van der Waals surface area contributed by atoms with Gasteiger partial charge < -0.3 is 49.1 Å². The molecule has 0 spiro atoms. The van der Waals surface area contributed by atoms with Crippen LogP contribution in [0, 0.1) is 23.7 Å². The van der Waals surface area contributed by atoms with Gasteiger partial charge in [-0.15, -0.1) is 0 Å². The maximum Gasteiger partial charge on any atom is 0.312 e. The molecule has 4 rings (SSSR count). The number of hydrogen-bond donors (Lipinski definition) is 4. The molecule has 1 aromatic heterocycles. The molecular formula is C44H67N3O11. The van der Waals surface area contributed by atoms with Crippen molar-refractivity contribution in [2.45, 2.75) is 148 Å². The van der Waals surface area contributed by atoms with Crippen LogP contribution in [0.1, 0.15) is 85.9 Å². The van der Waals surface area contributed by atoms with Crippen LogP contribution in [0.5, 0.6) is 0 Å². The molecule has 4 N–H and O–H groups in total. The van der Waals surface area contributed by atoms with Crippen molar-refractivity contribution < 1.29 is 53.8 Å². The highest BCUT2D eigenvalue weighted by atomic mass is 16.7. The molecule has 2 fully saturated rings. The Morgan fingerprint density at radius 3 is 2.29 bits per heavy atom. The number of cyclic esters (lactones) is 1. The van der Waals surface area contributed by atoms with E-state index in [2.05, 4.69) is 10.1 Å². The van der Waals surface area contributed by atoms with Crippen molar-refractivity contribution in [3.63, 3.8) is 0 Å². The fraction of sp³-hybridized carbons (Fsp3) is 0.682. The summed E-state index contributed by atoms with van der Waals surface area (Å²) in [7, 11) is 3.71. The number of hydrogen-bond acceptors (Lipinski definition) is 14. The molecule has 14 heteroatoms. The summed E-state index contributed by atoms with van der Waals surface area (Å²) < 4.78 is 25.0. The van der Waals surface area contributed by atoms with E-state index in [0.29, 0.717) is 24.2 Å². The molecule has 2 aliphatic rings. The van der Waals surface area contributed by atoms with Gasteiger partial charge in [-0.05, 0) is 78.7 Å². The molecule has 0 unspecified atom stereocenters. The third-order valence-corrected chi connectivity index (χ3v) is 11.9. The third kappa shape index (κ3) is 11.8. The summed E-state index contributed by atoms with van der Waals surface area (Å²) in [4.78, 5) is 39.8. The summed E-state index contributed by atoms with van der Waals surface area (Å²) in [6.07, 6.45) is -5.20. The SMILES string of the molecule is CC[C@H]1OC(=O)[C@H](C)[C@@H](OC(=O)Cc2ccccn2)[C@H](C)[C@@H](O[C@@H]2O[C@H](C)C[C@H](N(C)C)[C@H]2O)[C@@](C)(O)C[C@H](C)/C(=N\OCCc2ccccc2)[C@H](C)[C@@H](O)[C@]1(C)O. The number of oxime groups is 1. The van der Waals surface area contributed by atoms with Gasteiger partial charge in [0.25, 0.3) is 0 Å². The Labute approximate surface area is 343 Å². The van der Waals surface area contributed by atoms with Gasteiger partial charge in [0.2, 0.25) is 0 Å². The maximum atomic E-state index is 14.2. The molecule has 0 bridgehead atoms. The zero-order chi connectivity index (χ0) is 42.9. The molecule has 2 saturated heterocycles. The van der Waals surface area contributed by atoms with Gasteiger partial charge in [0.15, 0.2) is 6.29 Å². The summed E-state index contributed by atoms with van der Waals surface area (Å²) >= 11 is 0. The van der Waals surface area contributed by atoms with Crippen LogP contribution in [0.4, 0.5) is 0 Å². The summed E-state index contributed by atoms with van der Waals surface area (Å²) in [5.41, 5.74) is -1.88. The zero-order valence-electron chi connectivity index (χ0n) is 35.9. The number of carbonyl (C=O) groups is 2. The Bertz CT molecular complexity index is 1620. The quantitative estimate of drug-likeness (QED) is 0.144.